The van der Waals surface area contributed by atoms with Gasteiger partial charge in [-0.3, -0.25) is 9.89 Å². The summed E-state index contributed by atoms with van der Waals surface area (Å²) in [7, 11) is 1.93. The molecule has 98 valence electrons. The third-order valence-corrected chi connectivity index (χ3v) is 2.99. The quantitative estimate of drug-likeness (QED) is 0.833. The number of hydrogen-bond acceptors (Lipinski definition) is 4. The largest absolute Gasteiger partial charge is 0.344 e. The van der Waals surface area contributed by atoms with Crippen LogP contribution in [0.25, 0.3) is 5.78 Å². The molecule has 7 heteroatoms. The molecule has 0 aliphatic heterocycles. The van der Waals surface area contributed by atoms with E-state index in [-0.39, 0.29) is 11.4 Å². The molecule has 2 rings (SSSR count). The highest BCUT2D eigenvalue weighted by atomic mass is 35.5. The van der Waals surface area contributed by atoms with Gasteiger partial charge < -0.3 is 4.90 Å². The van der Waals surface area contributed by atoms with Gasteiger partial charge in [-0.1, -0.05) is 13.3 Å². The van der Waals surface area contributed by atoms with E-state index < -0.39 is 0 Å². The van der Waals surface area contributed by atoms with Gasteiger partial charge in [-0.25, -0.2) is 4.98 Å². The highest BCUT2D eigenvalue weighted by Gasteiger charge is 2.10. The van der Waals surface area contributed by atoms with Crippen molar-refractivity contribution in [2.24, 2.45) is 0 Å². The molecule has 0 aliphatic carbocycles. The van der Waals surface area contributed by atoms with E-state index >= 15 is 0 Å². The zero-order chi connectivity index (χ0) is 13.1. The van der Waals surface area contributed by atoms with Crippen LogP contribution in [0.5, 0.6) is 0 Å². The van der Waals surface area contributed by atoms with Gasteiger partial charge in [-0.2, -0.15) is 9.50 Å². The van der Waals surface area contributed by atoms with E-state index in [1.54, 1.807) is 0 Å². The van der Waals surface area contributed by atoms with Crippen molar-refractivity contribution in [2.45, 2.75) is 25.6 Å². The number of nitrogens with one attached hydrogen (secondary N) is 1. The van der Waals surface area contributed by atoms with Crippen molar-refractivity contribution in [1.29, 1.82) is 0 Å². The van der Waals surface area contributed by atoms with Gasteiger partial charge in [0.25, 0.3) is 11.3 Å². The van der Waals surface area contributed by atoms with E-state index in [1.807, 2.05) is 11.9 Å². The minimum absolute atomic E-state index is 0.196. The molecule has 0 saturated carbocycles. The number of hydrogen-bond donors (Lipinski definition) is 1. The summed E-state index contributed by atoms with van der Waals surface area (Å²) in [4.78, 5) is 22.3. The second-order valence-corrected chi connectivity index (χ2v) is 4.44. The van der Waals surface area contributed by atoms with Gasteiger partial charge in [0.15, 0.2) is 0 Å². The van der Waals surface area contributed by atoms with Crippen LogP contribution < -0.4 is 10.5 Å². The number of rotatable bonds is 5. The number of anilines is 1. The molecule has 0 amide bonds. The van der Waals surface area contributed by atoms with Crippen LogP contribution in [0.1, 0.15) is 25.5 Å². The lowest BCUT2D eigenvalue weighted by atomic mass is 10.3. The molecule has 6 nitrogen and oxygen atoms in total. The Morgan fingerprint density at radius 1 is 1.50 bits per heavy atom. The Balaban J connectivity index is 2.37. The van der Waals surface area contributed by atoms with Crippen molar-refractivity contribution >= 4 is 23.3 Å². The maximum atomic E-state index is 11.8. The molecule has 2 aromatic heterocycles. The van der Waals surface area contributed by atoms with Crippen LogP contribution in [0, 0.1) is 0 Å². The van der Waals surface area contributed by atoms with Crippen LogP contribution in [-0.2, 0) is 5.88 Å². The summed E-state index contributed by atoms with van der Waals surface area (Å²) >= 11 is 5.68. The standard InChI is InChI=1S/C11H16ClN5O/c1-3-4-5-16(2)11-14-10-13-8(7-12)6-9(18)17(10)15-11/h6H,3-5,7H2,1-2H3,(H,13,14,15). The number of fused-ring (bicyclic) bond motifs is 1. The van der Waals surface area contributed by atoms with Crippen LogP contribution in [0.2, 0.25) is 0 Å². The average Bonchev–Trinajstić information content (AvgIpc) is 2.80. The Kier molecular flexibility index (Phi) is 3.86. The molecule has 1 N–H and O–H groups in total. The van der Waals surface area contributed by atoms with E-state index in [0.717, 1.165) is 19.4 Å². The molecule has 2 heterocycles. The Morgan fingerprint density at radius 3 is 2.94 bits per heavy atom. The van der Waals surface area contributed by atoms with Crippen LogP contribution in [0.4, 0.5) is 5.95 Å². The Labute approximate surface area is 110 Å². The number of H-pyrrole nitrogens is 1. The predicted molar refractivity (Wildman–Crippen MR) is 71.3 cm³/mol. The van der Waals surface area contributed by atoms with Crippen LogP contribution in [-0.4, -0.2) is 33.2 Å². The van der Waals surface area contributed by atoms with Gasteiger partial charge in [0, 0.05) is 19.7 Å². The molecule has 18 heavy (non-hydrogen) atoms. The molecule has 0 radical (unpaired) electrons. The number of unbranched alkanes of at least 4 members (excludes halogenated alkanes) is 1. The molecule has 0 unspecified atom stereocenters. The Bertz CT molecular complexity index is 591. The summed E-state index contributed by atoms with van der Waals surface area (Å²) in [6.45, 7) is 3.01. The Hall–Kier alpha value is -1.56. The second-order valence-electron chi connectivity index (χ2n) is 4.18. The number of halogens is 1. The molecule has 2 aromatic rings. The fourth-order valence-electron chi connectivity index (χ4n) is 1.66. The topological polar surface area (TPSA) is 66.3 Å². The highest BCUT2D eigenvalue weighted by molar-refractivity contribution is 6.16. The molecule has 0 spiro atoms. The van der Waals surface area contributed by atoms with Crippen LogP contribution in [0.15, 0.2) is 10.9 Å². The van der Waals surface area contributed by atoms with Gasteiger partial charge in [0.1, 0.15) is 0 Å². The van der Waals surface area contributed by atoms with E-state index in [0.29, 0.717) is 17.4 Å². The average molecular weight is 270 g/mol. The number of alkyl halides is 1. The maximum absolute atomic E-state index is 11.8. The van der Waals surface area contributed by atoms with Crippen molar-refractivity contribution in [3.63, 3.8) is 0 Å². The van der Waals surface area contributed by atoms with Crippen molar-refractivity contribution in [2.75, 3.05) is 18.5 Å². The monoisotopic (exact) mass is 269 g/mol. The van der Waals surface area contributed by atoms with E-state index in [4.69, 9.17) is 11.6 Å². The van der Waals surface area contributed by atoms with Gasteiger partial charge in [-0.15, -0.1) is 11.6 Å². The summed E-state index contributed by atoms with van der Waals surface area (Å²) < 4.78 is 1.33. The summed E-state index contributed by atoms with van der Waals surface area (Å²) in [6.07, 6.45) is 2.18. The zero-order valence-corrected chi connectivity index (χ0v) is 11.2. The van der Waals surface area contributed by atoms with Gasteiger partial charge in [-0.05, 0) is 6.42 Å². The van der Waals surface area contributed by atoms with Crippen LogP contribution >= 0.6 is 11.6 Å². The molecule has 0 bridgehead atoms. The first kappa shape index (κ1) is 12.9. The third kappa shape index (κ3) is 2.48. The molecular weight excluding hydrogens is 254 g/mol. The van der Waals surface area contributed by atoms with E-state index in [2.05, 4.69) is 22.0 Å². The van der Waals surface area contributed by atoms with Gasteiger partial charge in [0.2, 0.25) is 5.95 Å². The molecule has 0 atom stereocenters. The lowest BCUT2D eigenvalue weighted by molar-refractivity contribution is 0.746. The summed E-state index contributed by atoms with van der Waals surface area (Å²) in [6, 6.07) is 1.41. The van der Waals surface area contributed by atoms with Crippen LogP contribution in [0.3, 0.4) is 0 Å². The number of aromatic amines is 1. The molecule has 0 fully saturated rings. The molecule has 0 saturated heterocycles. The summed E-state index contributed by atoms with van der Waals surface area (Å²) in [5.74, 6) is 1.20. The SMILES string of the molecule is CCCCN(C)c1nc2nc(CCl)cc(=O)n2[nH]1. The van der Waals surface area contributed by atoms with Gasteiger partial charge >= 0.3 is 0 Å². The highest BCUT2D eigenvalue weighted by Crippen LogP contribution is 2.08. The van der Waals surface area contributed by atoms with E-state index in [9.17, 15) is 4.79 Å². The van der Waals surface area contributed by atoms with Crippen molar-refractivity contribution in [1.82, 2.24) is 19.6 Å². The lowest BCUT2D eigenvalue weighted by Gasteiger charge is -2.13. The molecule has 0 aromatic carbocycles. The Morgan fingerprint density at radius 2 is 2.28 bits per heavy atom. The minimum Gasteiger partial charge on any atom is -0.344 e. The number of nitrogens with zero attached hydrogens (tertiary/aromatic N) is 4. The first-order chi connectivity index (χ1) is 8.65. The molecular formula is C11H16ClN5O. The zero-order valence-electron chi connectivity index (χ0n) is 10.5. The maximum Gasteiger partial charge on any atom is 0.274 e. The minimum atomic E-state index is -0.196. The van der Waals surface area contributed by atoms with Crippen molar-refractivity contribution in [3.05, 3.63) is 22.1 Å². The third-order valence-electron chi connectivity index (χ3n) is 2.72. The first-order valence-electron chi connectivity index (χ1n) is 5.91. The normalized spacial score (nSPS) is 11.1. The lowest BCUT2D eigenvalue weighted by Crippen LogP contribution is -2.20. The van der Waals surface area contributed by atoms with E-state index in [1.165, 1.54) is 10.6 Å². The van der Waals surface area contributed by atoms with Gasteiger partial charge in [0.05, 0.1) is 11.6 Å². The first-order valence-corrected chi connectivity index (χ1v) is 6.45. The predicted octanol–water partition coefficient (Wildman–Crippen LogP) is 1.39. The van der Waals surface area contributed by atoms with Crippen molar-refractivity contribution in [3.8, 4) is 0 Å². The summed E-state index contributed by atoms with van der Waals surface area (Å²) in [5.41, 5.74) is 0.342. The molecule has 0 aliphatic rings. The fraction of sp³-hybridized carbons (Fsp3) is 0.545. The van der Waals surface area contributed by atoms with Crippen molar-refractivity contribution < 1.29 is 0 Å². The smallest absolute Gasteiger partial charge is 0.274 e. The second kappa shape index (κ2) is 5.39. The summed E-state index contributed by atoms with van der Waals surface area (Å²) in [5, 5.41) is 2.94. The fourth-order valence-corrected chi connectivity index (χ4v) is 1.79. The number of aromatic nitrogens is 4.